The van der Waals surface area contributed by atoms with Gasteiger partial charge in [-0.1, -0.05) is 13.3 Å². The molecule has 1 rings (SSSR count). The van der Waals surface area contributed by atoms with Gasteiger partial charge in [0, 0.05) is 4.90 Å². The van der Waals surface area contributed by atoms with Gasteiger partial charge in [-0.05, 0) is 50.3 Å². The third-order valence-corrected chi connectivity index (χ3v) is 4.42. The lowest BCUT2D eigenvalue weighted by Gasteiger charge is -2.26. The van der Waals surface area contributed by atoms with E-state index < -0.39 is 17.2 Å². The summed E-state index contributed by atoms with van der Waals surface area (Å²) in [7, 11) is 0. The fourth-order valence-electron chi connectivity index (χ4n) is 2.03. The van der Waals surface area contributed by atoms with Crippen LogP contribution in [0, 0.1) is 11.6 Å². The zero-order valence-corrected chi connectivity index (χ0v) is 13.2. The number of carbonyl (C=O) groups excluding carboxylic acids is 1. The summed E-state index contributed by atoms with van der Waals surface area (Å²) in [5.74, 6) is -1.22. The highest BCUT2D eigenvalue weighted by molar-refractivity contribution is 7.99. The Morgan fingerprint density at radius 1 is 1.33 bits per heavy atom. The van der Waals surface area contributed by atoms with Gasteiger partial charge in [-0.25, -0.2) is 8.78 Å². The number of halogens is 2. The second kappa shape index (κ2) is 8.34. The quantitative estimate of drug-likeness (QED) is 0.544. The summed E-state index contributed by atoms with van der Waals surface area (Å²) in [5.41, 5.74) is 4.73. The van der Waals surface area contributed by atoms with E-state index in [0.717, 1.165) is 24.7 Å². The van der Waals surface area contributed by atoms with Crippen molar-refractivity contribution < 1.29 is 13.6 Å². The van der Waals surface area contributed by atoms with Crippen molar-refractivity contribution in [1.29, 1.82) is 0 Å². The third-order valence-electron chi connectivity index (χ3n) is 3.34. The van der Waals surface area contributed by atoms with Crippen molar-refractivity contribution >= 4 is 17.7 Å². The van der Waals surface area contributed by atoms with Crippen LogP contribution in [0.5, 0.6) is 0 Å². The van der Waals surface area contributed by atoms with E-state index in [9.17, 15) is 13.6 Å². The van der Waals surface area contributed by atoms with Crippen LogP contribution in [-0.2, 0) is 4.79 Å². The van der Waals surface area contributed by atoms with Crippen molar-refractivity contribution in [1.82, 2.24) is 5.32 Å². The number of nitrogens with two attached hydrogens (primary N) is 1. The molecular weight excluding hydrogens is 294 g/mol. The van der Waals surface area contributed by atoms with E-state index in [4.69, 9.17) is 5.73 Å². The molecule has 0 bridgehead atoms. The Morgan fingerprint density at radius 3 is 2.62 bits per heavy atom. The minimum Gasteiger partial charge on any atom is -0.368 e. The average Bonchev–Trinajstić information content (AvgIpc) is 2.42. The topological polar surface area (TPSA) is 55.1 Å². The maximum Gasteiger partial charge on any atom is 0.237 e. The first-order valence-corrected chi connectivity index (χ1v) is 8.00. The largest absolute Gasteiger partial charge is 0.368 e. The van der Waals surface area contributed by atoms with Gasteiger partial charge >= 0.3 is 0 Å². The van der Waals surface area contributed by atoms with Gasteiger partial charge < -0.3 is 11.1 Å². The Labute approximate surface area is 128 Å². The Bertz CT molecular complexity index is 485. The molecule has 0 aliphatic rings. The molecule has 3 nitrogen and oxygen atoms in total. The molecule has 0 saturated heterocycles. The van der Waals surface area contributed by atoms with Crippen molar-refractivity contribution in [2.24, 2.45) is 5.73 Å². The van der Waals surface area contributed by atoms with E-state index in [1.807, 2.05) is 6.92 Å². The van der Waals surface area contributed by atoms with Gasteiger partial charge in [0.1, 0.15) is 0 Å². The van der Waals surface area contributed by atoms with E-state index in [1.54, 1.807) is 13.0 Å². The summed E-state index contributed by atoms with van der Waals surface area (Å²) in [6.07, 6.45) is 2.37. The van der Waals surface area contributed by atoms with E-state index in [1.165, 1.54) is 17.8 Å². The number of likely N-dealkylation sites (N-methyl/N-ethyl adjacent to an activating group) is 1. The zero-order chi connectivity index (χ0) is 15.9. The van der Waals surface area contributed by atoms with Gasteiger partial charge in [0.2, 0.25) is 5.91 Å². The number of rotatable bonds is 9. The molecule has 1 aromatic rings. The molecule has 1 unspecified atom stereocenters. The Morgan fingerprint density at radius 2 is 2.05 bits per heavy atom. The van der Waals surface area contributed by atoms with Gasteiger partial charge in [-0.3, -0.25) is 4.79 Å². The first-order chi connectivity index (χ1) is 9.89. The smallest absolute Gasteiger partial charge is 0.237 e. The molecule has 1 amide bonds. The standard InChI is InChI=1S/C15H22F2N2OS/c1-3-19-15(2,14(18)20)8-4-5-9-21-11-6-7-12(16)13(17)10-11/h6-7,10,19H,3-5,8-9H2,1-2H3,(H2,18,20). The van der Waals surface area contributed by atoms with Gasteiger partial charge in [-0.2, -0.15) is 0 Å². The number of thioether (sulfide) groups is 1. The number of hydrogen-bond acceptors (Lipinski definition) is 3. The number of carbonyl (C=O) groups is 1. The fraction of sp³-hybridized carbons (Fsp3) is 0.533. The lowest BCUT2D eigenvalue weighted by atomic mass is 9.94. The van der Waals surface area contributed by atoms with Crippen LogP contribution in [0.4, 0.5) is 8.78 Å². The Hall–Kier alpha value is -1.14. The molecule has 21 heavy (non-hydrogen) atoms. The van der Waals surface area contributed by atoms with Crippen molar-refractivity contribution in [3.63, 3.8) is 0 Å². The van der Waals surface area contributed by atoms with E-state index in [2.05, 4.69) is 5.32 Å². The normalized spacial score (nSPS) is 13.9. The summed E-state index contributed by atoms with van der Waals surface area (Å²) in [6.45, 7) is 4.42. The first-order valence-electron chi connectivity index (χ1n) is 7.02. The molecule has 0 radical (unpaired) electrons. The molecule has 118 valence electrons. The third kappa shape index (κ3) is 5.63. The summed E-state index contributed by atoms with van der Waals surface area (Å²) in [4.78, 5) is 12.1. The zero-order valence-electron chi connectivity index (χ0n) is 12.4. The second-order valence-corrected chi connectivity index (χ2v) is 6.28. The van der Waals surface area contributed by atoms with Crippen LogP contribution in [0.1, 0.15) is 33.1 Å². The molecule has 6 heteroatoms. The number of hydrogen-bond donors (Lipinski definition) is 2. The summed E-state index contributed by atoms with van der Waals surface area (Å²) in [5, 5.41) is 3.11. The highest BCUT2D eigenvalue weighted by Gasteiger charge is 2.28. The van der Waals surface area contributed by atoms with Crippen molar-refractivity contribution in [3.8, 4) is 0 Å². The van der Waals surface area contributed by atoms with Crippen molar-refractivity contribution in [2.45, 2.75) is 43.5 Å². The minimum atomic E-state index is -0.831. The number of primary amides is 1. The van der Waals surface area contributed by atoms with Crippen molar-refractivity contribution in [2.75, 3.05) is 12.3 Å². The molecule has 0 aliphatic carbocycles. The summed E-state index contributed by atoms with van der Waals surface area (Å²) in [6, 6.07) is 3.90. The molecule has 3 N–H and O–H groups in total. The number of benzene rings is 1. The number of unbranched alkanes of at least 4 members (excludes halogenated alkanes) is 1. The molecular formula is C15H22F2N2OS. The van der Waals surface area contributed by atoms with Crippen LogP contribution < -0.4 is 11.1 Å². The Kier molecular flexibility index (Phi) is 7.11. The predicted molar refractivity (Wildman–Crippen MR) is 82.2 cm³/mol. The summed E-state index contributed by atoms with van der Waals surface area (Å²) < 4.78 is 25.8. The molecule has 0 heterocycles. The van der Waals surface area contributed by atoms with Crippen molar-refractivity contribution in [3.05, 3.63) is 29.8 Å². The van der Waals surface area contributed by atoms with Gasteiger partial charge in [0.15, 0.2) is 11.6 Å². The first kappa shape index (κ1) is 17.9. The maximum atomic E-state index is 13.0. The second-order valence-electron chi connectivity index (χ2n) is 5.11. The number of amides is 1. The van der Waals surface area contributed by atoms with Crippen LogP contribution >= 0.6 is 11.8 Å². The SMILES string of the molecule is CCNC(C)(CCCCSc1ccc(F)c(F)c1)C(N)=O. The van der Waals surface area contributed by atoms with Crippen LogP contribution in [0.15, 0.2) is 23.1 Å². The monoisotopic (exact) mass is 316 g/mol. The maximum absolute atomic E-state index is 13.0. The van der Waals surface area contributed by atoms with Crippen LogP contribution in [0.25, 0.3) is 0 Å². The van der Waals surface area contributed by atoms with Gasteiger partial charge in [0.05, 0.1) is 5.54 Å². The molecule has 0 aliphatic heterocycles. The Balaban J connectivity index is 2.33. The van der Waals surface area contributed by atoms with E-state index in [0.29, 0.717) is 17.9 Å². The van der Waals surface area contributed by atoms with E-state index >= 15 is 0 Å². The highest BCUT2D eigenvalue weighted by Crippen LogP contribution is 2.22. The van der Waals surface area contributed by atoms with E-state index in [-0.39, 0.29) is 5.91 Å². The molecule has 0 aromatic heterocycles. The molecule has 0 saturated carbocycles. The fourth-order valence-corrected chi connectivity index (χ4v) is 2.96. The molecule has 1 atom stereocenters. The predicted octanol–water partition coefficient (Wildman–Crippen LogP) is 3.08. The average molecular weight is 316 g/mol. The lowest BCUT2D eigenvalue weighted by Crippen LogP contribution is -2.52. The molecule has 0 spiro atoms. The van der Waals surface area contributed by atoms with Gasteiger partial charge in [-0.15, -0.1) is 11.8 Å². The summed E-state index contributed by atoms with van der Waals surface area (Å²) >= 11 is 1.47. The number of nitrogens with one attached hydrogen (secondary N) is 1. The highest BCUT2D eigenvalue weighted by atomic mass is 32.2. The van der Waals surface area contributed by atoms with Crippen LogP contribution in [0.2, 0.25) is 0 Å². The van der Waals surface area contributed by atoms with Crippen LogP contribution in [0.3, 0.4) is 0 Å². The lowest BCUT2D eigenvalue weighted by molar-refractivity contribution is -0.124. The minimum absolute atomic E-state index is 0.349. The van der Waals surface area contributed by atoms with Gasteiger partial charge in [0.25, 0.3) is 0 Å². The molecule has 0 fully saturated rings. The van der Waals surface area contributed by atoms with Crippen LogP contribution in [-0.4, -0.2) is 23.7 Å². The molecule has 1 aromatic carbocycles.